The molecule has 0 radical (unpaired) electrons. The number of rotatable bonds is 10. The van der Waals surface area contributed by atoms with Crippen LogP contribution in [0, 0.1) is 5.82 Å². The molecule has 7 nitrogen and oxygen atoms in total. The van der Waals surface area contributed by atoms with E-state index in [1.54, 1.807) is 30.3 Å². The zero-order valence-electron chi connectivity index (χ0n) is 22.9. The molecular formula is C30H33Cl3FN3O4. The van der Waals surface area contributed by atoms with E-state index in [1.165, 1.54) is 18.2 Å². The quantitative estimate of drug-likeness (QED) is 0.233. The first kappa shape index (κ1) is 32.6. The molecule has 1 heterocycles. The lowest BCUT2D eigenvalue weighted by Crippen LogP contribution is -2.55. The minimum absolute atomic E-state index is 0. The second kappa shape index (κ2) is 14.3. The molecule has 0 saturated heterocycles. The number of pyridine rings is 1. The summed E-state index contributed by atoms with van der Waals surface area (Å²) in [5, 5.41) is 13.3. The summed E-state index contributed by atoms with van der Waals surface area (Å²) in [5.41, 5.74) is 0.797. The van der Waals surface area contributed by atoms with Crippen LogP contribution in [0.15, 0.2) is 48.5 Å². The van der Waals surface area contributed by atoms with Crippen molar-refractivity contribution in [3.63, 3.8) is 0 Å². The minimum atomic E-state index is -1.33. The predicted octanol–water partition coefficient (Wildman–Crippen LogP) is 7.13. The molecule has 0 aliphatic heterocycles. The maximum absolute atomic E-state index is 13.8. The first-order valence-electron chi connectivity index (χ1n) is 13.2. The van der Waals surface area contributed by atoms with E-state index in [9.17, 15) is 19.1 Å². The Bertz CT molecular complexity index is 1400. The number of halogens is 4. The van der Waals surface area contributed by atoms with Gasteiger partial charge in [-0.15, -0.1) is 12.4 Å². The van der Waals surface area contributed by atoms with Gasteiger partial charge in [0.25, 0.3) is 5.91 Å². The first-order chi connectivity index (χ1) is 19.1. The Hall–Kier alpha value is -2.91. The molecule has 220 valence electrons. The summed E-state index contributed by atoms with van der Waals surface area (Å²) in [6.07, 6.45) is 3.87. The van der Waals surface area contributed by atoms with Gasteiger partial charge in [0.2, 0.25) is 0 Å². The van der Waals surface area contributed by atoms with Crippen molar-refractivity contribution in [2.24, 2.45) is 0 Å². The highest BCUT2D eigenvalue weighted by atomic mass is 35.5. The topological polar surface area (TPSA) is 91.8 Å². The van der Waals surface area contributed by atoms with Crippen LogP contribution in [0.25, 0.3) is 22.4 Å². The van der Waals surface area contributed by atoms with E-state index >= 15 is 0 Å². The van der Waals surface area contributed by atoms with Crippen LogP contribution in [0.5, 0.6) is 5.75 Å². The number of carboxylic acid groups (broad SMARTS) is 1. The van der Waals surface area contributed by atoms with Crippen LogP contribution in [0.1, 0.15) is 49.0 Å². The van der Waals surface area contributed by atoms with Crippen LogP contribution in [-0.2, 0) is 4.79 Å². The molecule has 0 bridgehead atoms. The zero-order chi connectivity index (χ0) is 28.9. The monoisotopic (exact) mass is 623 g/mol. The highest BCUT2D eigenvalue weighted by Crippen LogP contribution is 2.38. The normalized spacial score (nSPS) is 14.3. The summed E-state index contributed by atoms with van der Waals surface area (Å²) < 4.78 is 19.8. The number of carboxylic acids is 1. The van der Waals surface area contributed by atoms with Crippen LogP contribution in [0.2, 0.25) is 10.0 Å². The van der Waals surface area contributed by atoms with Gasteiger partial charge in [-0.05, 0) is 75.8 Å². The van der Waals surface area contributed by atoms with Crippen LogP contribution < -0.4 is 10.1 Å². The van der Waals surface area contributed by atoms with E-state index in [2.05, 4.69) is 15.2 Å². The van der Waals surface area contributed by atoms with Crippen molar-refractivity contribution >= 4 is 47.5 Å². The molecule has 11 heteroatoms. The Labute approximate surface area is 255 Å². The second-order valence-corrected chi connectivity index (χ2v) is 11.1. The predicted molar refractivity (Wildman–Crippen MR) is 162 cm³/mol. The average Bonchev–Trinajstić information content (AvgIpc) is 2.92. The van der Waals surface area contributed by atoms with Crippen molar-refractivity contribution in [2.75, 3.05) is 27.2 Å². The van der Waals surface area contributed by atoms with Crippen molar-refractivity contribution < 1.29 is 23.8 Å². The number of ether oxygens (including phenoxy) is 1. The van der Waals surface area contributed by atoms with Crippen LogP contribution in [0.3, 0.4) is 0 Å². The van der Waals surface area contributed by atoms with Crippen molar-refractivity contribution in [3.05, 3.63) is 70.1 Å². The molecule has 0 unspecified atom stereocenters. The summed E-state index contributed by atoms with van der Waals surface area (Å²) in [6.45, 7) is 1.30. The Balaban J connectivity index is 0.00000462. The fraction of sp³-hybridized carbons (Fsp3) is 0.367. The smallest absolute Gasteiger partial charge is 0.329 e. The number of carbonyl (C=O) groups is 2. The SMILES string of the molecule is CN(C)CCCOc1cc(-c2nc(C(=O)NC3(C(=O)O)CCCCC3)ccc2-c2ccc(F)cc2Cl)ccc1Cl.Cl. The summed E-state index contributed by atoms with van der Waals surface area (Å²) in [5.74, 6) is -1.66. The Morgan fingerprint density at radius 2 is 1.73 bits per heavy atom. The Morgan fingerprint density at radius 1 is 1.02 bits per heavy atom. The lowest BCUT2D eigenvalue weighted by atomic mass is 9.81. The molecule has 0 atom stereocenters. The highest BCUT2D eigenvalue weighted by molar-refractivity contribution is 6.33. The number of hydrogen-bond donors (Lipinski definition) is 2. The third kappa shape index (κ3) is 7.89. The standard InChI is InChI=1S/C30H32Cl2FN3O4.ClH/c1-36(2)15-6-16-40-26-17-19(7-11-23(26)31)27-22(21-9-8-20(33)18-24(21)32)10-12-25(34-27)28(37)35-30(29(38)39)13-4-3-5-14-30;/h7-12,17-18H,3-6,13-16H2,1-2H3,(H,35,37)(H,38,39);1H. The molecule has 4 rings (SSSR count). The largest absolute Gasteiger partial charge is 0.492 e. The Morgan fingerprint density at radius 3 is 2.39 bits per heavy atom. The molecule has 1 saturated carbocycles. The van der Waals surface area contributed by atoms with Gasteiger partial charge in [-0.25, -0.2) is 14.2 Å². The maximum atomic E-state index is 13.8. The molecule has 1 aliphatic rings. The number of benzene rings is 2. The molecule has 2 aromatic carbocycles. The van der Waals surface area contributed by atoms with Gasteiger partial charge in [0.15, 0.2) is 0 Å². The highest BCUT2D eigenvalue weighted by Gasteiger charge is 2.41. The number of aliphatic carboxylic acids is 1. The molecule has 1 amide bonds. The van der Waals surface area contributed by atoms with Crippen molar-refractivity contribution in [3.8, 4) is 28.1 Å². The van der Waals surface area contributed by atoms with Gasteiger partial charge >= 0.3 is 5.97 Å². The lowest BCUT2D eigenvalue weighted by molar-refractivity contribution is -0.145. The van der Waals surface area contributed by atoms with E-state index in [-0.39, 0.29) is 23.1 Å². The lowest BCUT2D eigenvalue weighted by Gasteiger charge is -2.33. The van der Waals surface area contributed by atoms with Crippen LogP contribution >= 0.6 is 35.6 Å². The third-order valence-electron chi connectivity index (χ3n) is 7.03. The summed E-state index contributed by atoms with van der Waals surface area (Å²) >= 11 is 12.8. The van der Waals surface area contributed by atoms with Gasteiger partial charge in [-0.3, -0.25) is 4.79 Å². The summed E-state index contributed by atoms with van der Waals surface area (Å²) in [6, 6.07) is 12.4. The van der Waals surface area contributed by atoms with Crippen molar-refractivity contribution in [1.82, 2.24) is 15.2 Å². The van der Waals surface area contributed by atoms with E-state index in [0.29, 0.717) is 52.6 Å². The van der Waals surface area contributed by atoms with E-state index in [4.69, 9.17) is 27.9 Å². The second-order valence-electron chi connectivity index (χ2n) is 10.3. The molecule has 1 fully saturated rings. The summed E-state index contributed by atoms with van der Waals surface area (Å²) in [4.78, 5) is 32.2. The minimum Gasteiger partial charge on any atom is -0.492 e. The fourth-order valence-corrected chi connectivity index (χ4v) is 5.33. The van der Waals surface area contributed by atoms with Gasteiger partial charge in [-0.1, -0.05) is 48.5 Å². The third-order valence-corrected chi connectivity index (χ3v) is 7.66. The Kier molecular flexibility index (Phi) is 11.4. The zero-order valence-corrected chi connectivity index (χ0v) is 25.2. The molecule has 3 aromatic rings. The molecular weight excluding hydrogens is 592 g/mol. The van der Waals surface area contributed by atoms with Crippen molar-refractivity contribution in [2.45, 2.75) is 44.1 Å². The average molecular weight is 625 g/mol. The van der Waals surface area contributed by atoms with E-state index in [0.717, 1.165) is 32.2 Å². The maximum Gasteiger partial charge on any atom is 0.329 e. The first-order valence-corrected chi connectivity index (χ1v) is 13.9. The number of amides is 1. The number of hydrogen-bond acceptors (Lipinski definition) is 5. The molecule has 2 N–H and O–H groups in total. The number of aromatic nitrogens is 1. The summed E-state index contributed by atoms with van der Waals surface area (Å²) in [7, 11) is 3.97. The van der Waals surface area contributed by atoms with Gasteiger partial charge in [0.05, 0.1) is 22.3 Å². The molecule has 1 aromatic heterocycles. The van der Waals surface area contributed by atoms with E-state index in [1.807, 2.05) is 14.1 Å². The van der Waals surface area contributed by atoms with Crippen LogP contribution in [0.4, 0.5) is 4.39 Å². The molecule has 41 heavy (non-hydrogen) atoms. The number of nitrogens with zero attached hydrogens (tertiary/aromatic N) is 2. The molecule has 0 spiro atoms. The fourth-order valence-electron chi connectivity index (χ4n) is 4.88. The number of carbonyl (C=O) groups excluding carboxylic acids is 1. The van der Waals surface area contributed by atoms with Crippen LogP contribution in [-0.4, -0.2) is 59.7 Å². The van der Waals surface area contributed by atoms with E-state index < -0.39 is 23.2 Å². The van der Waals surface area contributed by atoms with Gasteiger partial charge in [-0.2, -0.15) is 0 Å². The van der Waals surface area contributed by atoms with Crippen molar-refractivity contribution in [1.29, 1.82) is 0 Å². The number of nitrogens with one attached hydrogen (secondary N) is 1. The van der Waals surface area contributed by atoms with Gasteiger partial charge in [0.1, 0.15) is 22.8 Å². The molecule has 1 aliphatic carbocycles. The van der Waals surface area contributed by atoms with Gasteiger partial charge in [0, 0.05) is 23.2 Å². The van der Waals surface area contributed by atoms with Gasteiger partial charge < -0.3 is 20.1 Å².